The lowest BCUT2D eigenvalue weighted by Crippen LogP contribution is -2.32. The second-order valence-electron chi connectivity index (χ2n) is 3.80. The molecule has 3 nitrogen and oxygen atoms in total. The van der Waals surface area contributed by atoms with Crippen molar-refractivity contribution < 1.29 is 9.90 Å². The molecule has 0 aromatic heterocycles. The molecule has 2 unspecified atom stereocenters. The molecule has 86 valence electrons. The van der Waals surface area contributed by atoms with Crippen LogP contribution in [0.4, 0.5) is 0 Å². The van der Waals surface area contributed by atoms with Gasteiger partial charge >= 0.3 is 0 Å². The molecular weight excluding hydrogens is 222 g/mol. The van der Waals surface area contributed by atoms with E-state index in [1.165, 1.54) is 0 Å². The van der Waals surface area contributed by atoms with E-state index in [1.807, 2.05) is 37.3 Å². The highest BCUT2D eigenvalue weighted by molar-refractivity contribution is 8.01. The van der Waals surface area contributed by atoms with Crippen LogP contribution in [-0.4, -0.2) is 34.3 Å². The maximum absolute atomic E-state index is 11.9. The smallest absolute Gasteiger partial charge is 0.236 e. The van der Waals surface area contributed by atoms with E-state index < -0.39 is 0 Å². The number of β-amino-alcohol motifs (C(OH)–C–C–N with tert-alkyl or cyclic N) is 1. The number of benzene rings is 1. The van der Waals surface area contributed by atoms with Crippen LogP contribution in [0.25, 0.3) is 0 Å². The molecule has 1 heterocycles. The molecule has 1 aliphatic heterocycles. The van der Waals surface area contributed by atoms with Crippen molar-refractivity contribution >= 4 is 17.7 Å². The SMILES string of the molecule is CC1SC(c2ccccc2)N(CCO)C1=O. The molecule has 1 N–H and O–H groups in total. The zero-order chi connectivity index (χ0) is 11.5. The van der Waals surface area contributed by atoms with Crippen LogP contribution >= 0.6 is 11.8 Å². The van der Waals surface area contributed by atoms with E-state index in [2.05, 4.69) is 0 Å². The Kier molecular flexibility index (Phi) is 3.51. The first-order valence-electron chi connectivity index (χ1n) is 5.36. The van der Waals surface area contributed by atoms with Gasteiger partial charge in [-0.15, -0.1) is 11.8 Å². The van der Waals surface area contributed by atoms with Gasteiger partial charge in [-0.1, -0.05) is 30.3 Å². The van der Waals surface area contributed by atoms with Gasteiger partial charge in [0.15, 0.2) is 0 Å². The third-order valence-corrected chi connectivity index (χ3v) is 4.07. The normalized spacial score (nSPS) is 25.1. The number of hydrogen-bond acceptors (Lipinski definition) is 3. The topological polar surface area (TPSA) is 40.5 Å². The molecule has 1 fully saturated rings. The Labute approximate surface area is 99.5 Å². The maximum atomic E-state index is 11.9. The van der Waals surface area contributed by atoms with Crippen molar-refractivity contribution in [3.63, 3.8) is 0 Å². The lowest BCUT2D eigenvalue weighted by Gasteiger charge is -2.23. The quantitative estimate of drug-likeness (QED) is 0.869. The first-order chi connectivity index (χ1) is 7.74. The molecule has 0 bridgehead atoms. The number of carbonyl (C=O) groups is 1. The zero-order valence-corrected chi connectivity index (χ0v) is 9.98. The van der Waals surface area contributed by atoms with Gasteiger partial charge in [0, 0.05) is 6.54 Å². The summed E-state index contributed by atoms with van der Waals surface area (Å²) in [6.07, 6.45) is 0. The average Bonchev–Trinajstić information content (AvgIpc) is 2.59. The number of thioether (sulfide) groups is 1. The van der Waals surface area contributed by atoms with Crippen molar-refractivity contribution in [3.05, 3.63) is 35.9 Å². The zero-order valence-electron chi connectivity index (χ0n) is 9.17. The second-order valence-corrected chi connectivity index (χ2v) is 5.22. The number of aliphatic hydroxyl groups excluding tert-OH is 1. The summed E-state index contributed by atoms with van der Waals surface area (Å²) in [5, 5.41) is 9.03. The molecule has 2 atom stereocenters. The molecule has 2 rings (SSSR count). The Balaban J connectivity index is 2.23. The molecule has 1 aliphatic rings. The van der Waals surface area contributed by atoms with Crippen LogP contribution in [0.15, 0.2) is 30.3 Å². The van der Waals surface area contributed by atoms with Crippen molar-refractivity contribution in [1.82, 2.24) is 4.90 Å². The van der Waals surface area contributed by atoms with E-state index in [1.54, 1.807) is 16.7 Å². The predicted octanol–water partition coefficient (Wildman–Crippen LogP) is 1.64. The summed E-state index contributed by atoms with van der Waals surface area (Å²) < 4.78 is 0. The lowest BCUT2D eigenvalue weighted by atomic mass is 10.2. The fourth-order valence-electron chi connectivity index (χ4n) is 1.89. The molecule has 0 spiro atoms. The van der Waals surface area contributed by atoms with Crippen molar-refractivity contribution in [2.45, 2.75) is 17.5 Å². The Hall–Kier alpha value is -1.00. The summed E-state index contributed by atoms with van der Waals surface area (Å²) in [6.45, 7) is 2.35. The second kappa shape index (κ2) is 4.89. The van der Waals surface area contributed by atoms with E-state index in [0.717, 1.165) is 5.56 Å². The highest BCUT2D eigenvalue weighted by atomic mass is 32.2. The number of amides is 1. The lowest BCUT2D eigenvalue weighted by molar-refractivity contribution is -0.130. The van der Waals surface area contributed by atoms with Gasteiger partial charge in [0.2, 0.25) is 5.91 Å². The van der Waals surface area contributed by atoms with Crippen LogP contribution in [0, 0.1) is 0 Å². The molecular formula is C12H15NO2S. The van der Waals surface area contributed by atoms with Crippen molar-refractivity contribution in [3.8, 4) is 0 Å². The van der Waals surface area contributed by atoms with Crippen LogP contribution in [0.3, 0.4) is 0 Å². The highest BCUT2D eigenvalue weighted by Crippen LogP contribution is 2.42. The number of aliphatic hydroxyl groups is 1. The molecule has 0 aliphatic carbocycles. The highest BCUT2D eigenvalue weighted by Gasteiger charge is 2.37. The van der Waals surface area contributed by atoms with E-state index >= 15 is 0 Å². The molecule has 1 saturated heterocycles. The van der Waals surface area contributed by atoms with Crippen molar-refractivity contribution in [2.24, 2.45) is 0 Å². The van der Waals surface area contributed by atoms with Crippen molar-refractivity contribution in [2.75, 3.05) is 13.2 Å². The fourth-order valence-corrected chi connectivity index (χ4v) is 3.19. The van der Waals surface area contributed by atoms with Gasteiger partial charge in [0.25, 0.3) is 0 Å². The third-order valence-electron chi connectivity index (χ3n) is 2.67. The Bertz CT molecular complexity index is 369. The Morgan fingerprint density at radius 1 is 1.38 bits per heavy atom. The van der Waals surface area contributed by atoms with Gasteiger partial charge in [-0.2, -0.15) is 0 Å². The largest absolute Gasteiger partial charge is 0.395 e. The number of carbonyl (C=O) groups excluding carboxylic acids is 1. The van der Waals surface area contributed by atoms with Gasteiger partial charge < -0.3 is 10.0 Å². The minimum absolute atomic E-state index is 0.0162. The summed E-state index contributed by atoms with van der Waals surface area (Å²) in [4.78, 5) is 13.6. The third kappa shape index (κ3) is 2.08. The maximum Gasteiger partial charge on any atom is 0.236 e. The van der Waals surface area contributed by atoms with Crippen LogP contribution in [0.2, 0.25) is 0 Å². The van der Waals surface area contributed by atoms with E-state index in [9.17, 15) is 4.79 Å². The first kappa shape index (κ1) is 11.5. The molecule has 1 aromatic carbocycles. The average molecular weight is 237 g/mol. The molecule has 1 aromatic rings. The van der Waals surface area contributed by atoms with Crippen LogP contribution in [0.5, 0.6) is 0 Å². The summed E-state index contributed by atoms with van der Waals surface area (Å²) >= 11 is 1.64. The number of nitrogens with zero attached hydrogens (tertiary/aromatic N) is 1. The molecule has 1 amide bonds. The van der Waals surface area contributed by atoms with Crippen LogP contribution < -0.4 is 0 Å². The van der Waals surface area contributed by atoms with Crippen LogP contribution in [0.1, 0.15) is 17.9 Å². The van der Waals surface area contributed by atoms with E-state index in [-0.39, 0.29) is 23.1 Å². The Morgan fingerprint density at radius 2 is 2.06 bits per heavy atom. The standard InChI is InChI=1S/C12H15NO2S/c1-9-11(15)13(7-8-14)12(16-9)10-5-3-2-4-6-10/h2-6,9,12,14H,7-8H2,1H3. The molecule has 0 saturated carbocycles. The summed E-state index contributed by atoms with van der Waals surface area (Å²) in [7, 11) is 0. The van der Waals surface area contributed by atoms with Gasteiger partial charge in [-0.3, -0.25) is 4.79 Å². The van der Waals surface area contributed by atoms with Gasteiger partial charge in [-0.25, -0.2) is 0 Å². The number of rotatable bonds is 3. The van der Waals surface area contributed by atoms with Gasteiger partial charge in [-0.05, 0) is 12.5 Å². The Morgan fingerprint density at radius 3 is 2.69 bits per heavy atom. The molecule has 4 heteroatoms. The minimum Gasteiger partial charge on any atom is -0.395 e. The summed E-state index contributed by atoms with van der Waals surface area (Å²) in [5.74, 6) is 0.118. The van der Waals surface area contributed by atoms with E-state index in [4.69, 9.17) is 5.11 Å². The fraction of sp³-hybridized carbons (Fsp3) is 0.417. The summed E-state index contributed by atoms with van der Waals surface area (Å²) in [5.41, 5.74) is 1.12. The molecule has 16 heavy (non-hydrogen) atoms. The minimum atomic E-state index is -0.0169. The molecule has 0 radical (unpaired) electrons. The van der Waals surface area contributed by atoms with Gasteiger partial charge in [0.05, 0.1) is 11.9 Å². The van der Waals surface area contributed by atoms with E-state index in [0.29, 0.717) is 6.54 Å². The monoisotopic (exact) mass is 237 g/mol. The predicted molar refractivity (Wildman–Crippen MR) is 65.0 cm³/mol. The first-order valence-corrected chi connectivity index (χ1v) is 6.30. The van der Waals surface area contributed by atoms with Gasteiger partial charge in [0.1, 0.15) is 5.37 Å². The summed E-state index contributed by atoms with van der Waals surface area (Å²) in [6, 6.07) is 9.95. The van der Waals surface area contributed by atoms with Crippen LogP contribution in [-0.2, 0) is 4.79 Å². The number of hydrogen-bond donors (Lipinski definition) is 1. The van der Waals surface area contributed by atoms with Crippen molar-refractivity contribution in [1.29, 1.82) is 0 Å².